The molecule has 1 unspecified atom stereocenters. The van der Waals surface area contributed by atoms with Crippen LogP contribution >= 0.6 is 12.4 Å². The molecular weight excluding hydrogens is 290 g/mol. The van der Waals surface area contributed by atoms with Crippen LogP contribution in [0.3, 0.4) is 0 Å². The predicted octanol–water partition coefficient (Wildman–Crippen LogP) is -0.0999. The summed E-state index contributed by atoms with van der Waals surface area (Å²) in [6, 6.07) is 0.199. The lowest BCUT2D eigenvalue weighted by Gasteiger charge is -2.29. The van der Waals surface area contributed by atoms with Crippen molar-refractivity contribution < 1.29 is 13.2 Å². The van der Waals surface area contributed by atoms with Crippen LogP contribution in [0.1, 0.15) is 19.8 Å². The molecule has 0 spiro atoms. The van der Waals surface area contributed by atoms with Crippen LogP contribution in [0.2, 0.25) is 0 Å². The third-order valence-corrected chi connectivity index (χ3v) is 4.45. The standard InChI is InChI=1S/C11H23N3O3S.ClH/c1-4-7-14(10-5-6-12-8-10)11(15)9-13(2)18(3,16)17;/h10,12H,4-9H2,1-3H3;1H. The summed E-state index contributed by atoms with van der Waals surface area (Å²) in [5.74, 6) is -0.113. The van der Waals surface area contributed by atoms with Crippen molar-refractivity contribution in [2.24, 2.45) is 0 Å². The van der Waals surface area contributed by atoms with Gasteiger partial charge in [0.1, 0.15) is 0 Å². The number of nitrogens with one attached hydrogen (secondary N) is 1. The summed E-state index contributed by atoms with van der Waals surface area (Å²) in [7, 11) is -1.86. The maximum Gasteiger partial charge on any atom is 0.238 e. The Labute approximate surface area is 122 Å². The van der Waals surface area contributed by atoms with Gasteiger partial charge >= 0.3 is 0 Å². The maximum atomic E-state index is 12.2. The van der Waals surface area contributed by atoms with Crippen LogP contribution in [0.15, 0.2) is 0 Å². The summed E-state index contributed by atoms with van der Waals surface area (Å²) >= 11 is 0. The summed E-state index contributed by atoms with van der Waals surface area (Å²) in [5.41, 5.74) is 0. The van der Waals surface area contributed by atoms with Gasteiger partial charge in [0, 0.05) is 26.2 Å². The first kappa shape index (κ1) is 18.6. The first-order chi connectivity index (χ1) is 8.36. The predicted molar refractivity (Wildman–Crippen MR) is 78.0 cm³/mol. The third-order valence-electron chi connectivity index (χ3n) is 3.18. The fourth-order valence-corrected chi connectivity index (χ4v) is 2.40. The van der Waals surface area contributed by atoms with Gasteiger partial charge in [-0.15, -0.1) is 12.4 Å². The van der Waals surface area contributed by atoms with Crippen LogP contribution in [0, 0.1) is 0 Å². The van der Waals surface area contributed by atoms with Crippen molar-refractivity contribution in [3.63, 3.8) is 0 Å². The van der Waals surface area contributed by atoms with Crippen LogP contribution in [0.5, 0.6) is 0 Å². The maximum absolute atomic E-state index is 12.2. The second kappa shape index (κ2) is 8.04. The molecule has 1 rings (SSSR count). The summed E-state index contributed by atoms with van der Waals surface area (Å²) in [6.07, 6.45) is 2.93. The highest BCUT2D eigenvalue weighted by molar-refractivity contribution is 7.88. The number of nitrogens with zero attached hydrogens (tertiary/aromatic N) is 2. The Hall–Kier alpha value is -0.370. The van der Waals surface area contributed by atoms with Gasteiger partial charge in [0.25, 0.3) is 0 Å². The normalized spacial score (nSPS) is 19.3. The molecule has 0 aliphatic carbocycles. The average molecular weight is 314 g/mol. The Morgan fingerprint density at radius 2 is 2.05 bits per heavy atom. The van der Waals surface area contributed by atoms with Crippen LogP contribution in [0.4, 0.5) is 0 Å². The monoisotopic (exact) mass is 313 g/mol. The second-order valence-electron chi connectivity index (χ2n) is 4.75. The van der Waals surface area contributed by atoms with E-state index in [-0.39, 0.29) is 30.9 Å². The van der Waals surface area contributed by atoms with Gasteiger partial charge in [-0.1, -0.05) is 6.92 Å². The number of hydrogen-bond donors (Lipinski definition) is 1. The van der Waals surface area contributed by atoms with Crippen LogP contribution in [0.25, 0.3) is 0 Å². The fraction of sp³-hybridized carbons (Fsp3) is 0.909. The molecule has 8 heteroatoms. The van der Waals surface area contributed by atoms with E-state index in [0.29, 0.717) is 6.54 Å². The minimum absolute atomic E-state index is 0. The lowest BCUT2D eigenvalue weighted by molar-refractivity contribution is -0.133. The number of amides is 1. The quantitative estimate of drug-likeness (QED) is 0.743. The smallest absolute Gasteiger partial charge is 0.238 e. The zero-order chi connectivity index (χ0) is 13.8. The second-order valence-corrected chi connectivity index (χ2v) is 6.84. The van der Waals surface area contributed by atoms with Crippen molar-refractivity contribution in [2.75, 3.05) is 39.5 Å². The van der Waals surface area contributed by atoms with Gasteiger partial charge in [-0.05, 0) is 19.4 Å². The lowest BCUT2D eigenvalue weighted by Crippen LogP contribution is -2.47. The molecule has 0 aromatic rings. The van der Waals surface area contributed by atoms with E-state index < -0.39 is 10.0 Å². The van der Waals surface area contributed by atoms with Crippen molar-refractivity contribution in [3.8, 4) is 0 Å². The van der Waals surface area contributed by atoms with Crippen molar-refractivity contribution in [2.45, 2.75) is 25.8 Å². The molecule has 1 aliphatic heterocycles. The molecule has 114 valence electrons. The molecule has 1 saturated heterocycles. The van der Waals surface area contributed by atoms with E-state index in [2.05, 4.69) is 5.32 Å². The SMILES string of the molecule is CCCN(C(=O)CN(C)S(C)(=O)=O)C1CCNC1.Cl. The van der Waals surface area contributed by atoms with E-state index in [1.807, 2.05) is 11.8 Å². The molecule has 1 heterocycles. The number of carbonyl (C=O) groups is 1. The number of likely N-dealkylation sites (N-methyl/N-ethyl adjacent to an activating group) is 1. The molecule has 1 amide bonds. The number of carbonyl (C=O) groups excluding carboxylic acids is 1. The molecule has 0 saturated carbocycles. The molecule has 1 fully saturated rings. The third kappa shape index (κ3) is 5.64. The lowest BCUT2D eigenvalue weighted by atomic mass is 10.2. The van der Waals surface area contributed by atoms with Crippen molar-refractivity contribution in [3.05, 3.63) is 0 Å². The highest BCUT2D eigenvalue weighted by Gasteiger charge is 2.27. The van der Waals surface area contributed by atoms with Gasteiger partial charge in [-0.3, -0.25) is 4.79 Å². The average Bonchev–Trinajstić information content (AvgIpc) is 2.77. The zero-order valence-electron chi connectivity index (χ0n) is 11.8. The summed E-state index contributed by atoms with van der Waals surface area (Å²) in [5, 5.41) is 3.22. The minimum atomic E-state index is -3.30. The van der Waals surface area contributed by atoms with E-state index in [1.54, 1.807) is 0 Å². The molecule has 0 bridgehead atoms. The van der Waals surface area contributed by atoms with Gasteiger partial charge < -0.3 is 10.2 Å². The van der Waals surface area contributed by atoms with E-state index in [1.165, 1.54) is 7.05 Å². The molecule has 1 N–H and O–H groups in total. The van der Waals surface area contributed by atoms with E-state index >= 15 is 0 Å². The molecule has 0 radical (unpaired) electrons. The Balaban J connectivity index is 0.00000324. The minimum Gasteiger partial charge on any atom is -0.337 e. The first-order valence-electron chi connectivity index (χ1n) is 6.27. The van der Waals surface area contributed by atoms with Crippen molar-refractivity contribution in [1.82, 2.24) is 14.5 Å². The van der Waals surface area contributed by atoms with Gasteiger partial charge in [0.05, 0.1) is 12.8 Å². The molecule has 1 aliphatic rings. The molecule has 1 atom stereocenters. The zero-order valence-corrected chi connectivity index (χ0v) is 13.4. The summed E-state index contributed by atoms with van der Waals surface area (Å²) in [6.45, 7) is 4.34. The topological polar surface area (TPSA) is 69.7 Å². The van der Waals surface area contributed by atoms with Gasteiger partial charge in [-0.25, -0.2) is 8.42 Å². The molecular formula is C11H24ClN3O3S. The van der Waals surface area contributed by atoms with E-state index in [4.69, 9.17) is 0 Å². The Morgan fingerprint density at radius 1 is 1.42 bits per heavy atom. The first-order valence-corrected chi connectivity index (χ1v) is 8.12. The Bertz CT molecular complexity index is 383. The summed E-state index contributed by atoms with van der Waals surface area (Å²) in [4.78, 5) is 14.0. The number of hydrogen-bond acceptors (Lipinski definition) is 4. The van der Waals surface area contributed by atoms with Gasteiger partial charge in [0.15, 0.2) is 0 Å². The molecule has 6 nitrogen and oxygen atoms in total. The number of halogens is 1. The van der Waals surface area contributed by atoms with Gasteiger partial charge in [0.2, 0.25) is 15.9 Å². The van der Waals surface area contributed by atoms with Gasteiger partial charge in [-0.2, -0.15) is 4.31 Å². The van der Waals surface area contributed by atoms with Crippen molar-refractivity contribution in [1.29, 1.82) is 0 Å². The van der Waals surface area contributed by atoms with Crippen LogP contribution < -0.4 is 5.32 Å². The number of sulfonamides is 1. The highest BCUT2D eigenvalue weighted by atomic mass is 35.5. The van der Waals surface area contributed by atoms with Crippen LogP contribution in [-0.2, 0) is 14.8 Å². The van der Waals surface area contributed by atoms with Crippen molar-refractivity contribution >= 4 is 28.3 Å². The Kier molecular flexibility index (Phi) is 7.88. The van der Waals surface area contributed by atoms with Crippen LogP contribution in [-0.4, -0.2) is 69.1 Å². The van der Waals surface area contributed by atoms with E-state index in [0.717, 1.165) is 36.5 Å². The fourth-order valence-electron chi connectivity index (χ4n) is 2.06. The molecule has 0 aromatic heterocycles. The highest BCUT2D eigenvalue weighted by Crippen LogP contribution is 2.10. The molecule has 19 heavy (non-hydrogen) atoms. The number of rotatable bonds is 6. The molecule has 0 aromatic carbocycles. The summed E-state index contributed by atoms with van der Waals surface area (Å²) < 4.78 is 23.7. The Morgan fingerprint density at radius 3 is 2.47 bits per heavy atom. The largest absolute Gasteiger partial charge is 0.337 e. The van der Waals surface area contributed by atoms with E-state index in [9.17, 15) is 13.2 Å².